The van der Waals surface area contributed by atoms with Gasteiger partial charge in [0.2, 0.25) is 15.9 Å². The number of ether oxygens (including phenoxy) is 2. The van der Waals surface area contributed by atoms with Crippen LogP contribution in [0.3, 0.4) is 0 Å². The van der Waals surface area contributed by atoms with E-state index in [1.54, 1.807) is 31.4 Å². The van der Waals surface area contributed by atoms with Crippen molar-refractivity contribution in [2.45, 2.75) is 49.1 Å². The molecule has 8 heteroatoms. The molecule has 1 aromatic carbocycles. The van der Waals surface area contributed by atoms with Crippen molar-refractivity contribution in [3.8, 4) is 5.75 Å². The van der Waals surface area contributed by atoms with Crippen LogP contribution >= 0.6 is 0 Å². The van der Waals surface area contributed by atoms with Crippen LogP contribution in [0, 0.1) is 5.92 Å². The highest BCUT2D eigenvalue weighted by Crippen LogP contribution is 2.37. The average Bonchev–Trinajstić information content (AvgIpc) is 3.50. The number of carbonyl (C=O) groups excluding carboxylic acids is 1. The van der Waals surface area contributed by atoms with Crippen molar-refractivity contribution < 1.29 is 22.7 Å². The summed E-state index contributed by atoms with van der Waals surface area (Å²) < 4.78 is 39.7. The fourth-order valence-corrected chi connectivity index (χ4v) is 5.96. The van der Waals surface area contributed by atoms with E-state index in [9.17, 15) is 13.2 Å². The molecule has 2 fully saturated rings. The van der Waals surface area contributed by atoms with E-state index in [1.165, 1.54) is 4.31 Å². The van der Waals surface area contributed by atoms with Gasteiger partial charge in [0, 0.05) is 39.6 Å². The second-order valence-electron chi connectivity index (χ2n) is 7.88. The van der Waals surface area contributed by atoms with Crippen molar-refractivity contribution in [2.24, 2.45) is 5.92 Å². The number of fused-ring (bicyclic) bond motifs is 2. The van der Waals surface area contributed by atoms with Crippen LogP contribution in [0.1, 0.15) is 32.1 Å². The number of benzene rings is 1. The summed E-state index contributed by atoms with van der Waals surface area (Å²) in [6.07, 6.45) is 3.81. The Morgan fingerprint density at radius 2 is 1.93 bits per heavy atom. The molecule has 1 amide bonds. The number of hydrogen-bond acceptors (Lipinski definition) is 5. The molecule has 0 spiro atoms. The Hall–Kier alpha value is -1.64. The number of sulfonamides is 1. The topological polar surface area (TPSA) is 76.2 Å². The molecule has 2 atom stereocenters. The Balaban J connectivity index is 1.62. The standard InChI is InChI=1S/C20H28N2O5S/c1-26-13-12-22-16-8-10-21(20(23)14-15-6-7-15)11-9-17(16)27-18-4-2-3-5-19(18)28(22,24)25/h2-5,15-17H,6-14H2,1H3/t16-,17-/m1/s1. The fourth-order valence-electron chi connectivity index (χ4n) is 4.17. The first-order valence-corrected chi connectivity index (χ1v) is 11.5. The van der Waals surface area contributed by atoms with Crippen molar-refractivity contribution >= 4 is 15.9 Å². The van der Waals surface area contributed by atoms with E-state index < -0.39 is 10.0 Å². The van der Waals surface area contributed by atoms with E-state index in [2.05, 4.69) is 0 Å². The minimum atomic E-state index is -3.70. The Bertz CT molecular complexity index is 824. The van der Waals surface area contributed by atoms with E-state index in [1.807, 2.05) is 4.90 Å². The molecule has 3 aliphatic rings. The highest BCUT2D eigenvalue weighted by molar-refractivity contribution is 7.89. The van der Waals surface area contributed by atoms with Gasteiger partial charge in [-0.2, -0.15) is 4.31 Å². The number of para-hydroxylation sites is 1. The highest BCUT2D eigenvalue weighted by atomic mass is 32.2. The maximum absolute atomic E-state index is 13.4. The van der Waals surface area contributed by atoms with Crippen molar-refractivity contribution in [1.82, 2.24) is 9.21 Å². The normalized spacial score (nSPS) is 27.1. The van der Waals surface area contributed by atoms with Crippen LogP contribution in [-0.2, 0) is 19.6 Å². The van der Waals surface area contributed by atoms with Gasteiger partial charge >= 0.3 is 0 Å². The molecule has 0 bridgehead atoms. The number of likely N-dealkylation sites (tertiary alicyclic amines) is 1. The Labute approximate surface area is 166 Å². The molecule has 7 nitrogen and oxygen atoms in total. The number of carbonyl (C=O) groups is 1. The third-order valence-electron chi connectivity index (χ3n) is 5.92. The molecular weight excluding hydrogens is 380 g/mol. The molecule has 1 saturated carbocycles. The lowest BCUT2D eigenvalue weighted by Gasteiger charge is -2.31. The summed E-state index contributed by atoms with van der Waals surface area (Å²) in [6.45, 7) is 1.75. The first kappa shape index (κ1) is 19.7. The predicted molar refractivity (Wildman–Crippen MR) is 104 cm³/mol. The predicted octanol–water partition coefficient (Wildman–Crippen LogP) is 1.88. The third-order valence-corrected chi connectivity index (χ3v) is 7.88. The smallest absolute Gasteiger partial charge is 0.247 e. The zero-order valence-corrected chi connectivity index (χ0v) is 17.1. The first-order valence-electron chi connectivity index (χ1n) is 10.0. The molecule has 2 aliphatic heterocycles. The molecule has 154 valence electrons. The first-order chi connectivity index (χ1) is 13.5. The van der Waals surface area contributed by atoms with Gasteiger partial charge in [0.1, 0.15) is 16.7 Å². The van der Waals surface area contributed by atoms with Crippen molar-refractivity contribution in [2.75, 3.05) is 33.4 Å². The second-order valence-corrected chi connectivity index (χ2v) is 9.74. The molecule has 1 saturated heterocycles. The second kappa shape index (κ2) is 8.00. The summed E-state index contributed by atoms with van der Waals surface area (Å²) in [7, 11) is -2.13. The summed E-state index contributed by atoms with van der Waals surface area (Å²) in [5.74, 6) is 1.13. The molecule has 0 N–H and O–H groups in total. The zero-order valence-electron chi connectivity index (χ0n) is 16.2. The maximum Gasteiger partial charge on any atom is 0.247 e. The zero-order chi connectivity index (χ0) is 19.7. The number of amides is 1. The molecule has 0 unspecified atom stereocenters. The van der Waals surface area contributed by atoms with Crippen LogP contribution in [0.4, 0.5) is 0 Å². The van der Waals surface area contributed by atoms with Gasteiger partial charge in [0.05, 0.1) is 12.6 Å². The largest absolute Gasteiger partial charge is 0.487 e. The number of methoxy groups -OCH3 is 1. The summed E-state index contributed by atoms with van der Waals surface area (Å²) in [5.41, 5.74) is 0. The van der Waals surface area contributed by atoms with Gasteiger partial charge in [-0.1, -0.05) is 12.1 Å². The summed E-state index contributed by atoms with van der Waals surface area (Å²) in [5, 5.41) is 0. The van der Waals surface area contributed by atoms with E-state index in [4.69, 9.17) is 9.47 Å². The molecule has 4 rings (SSSR count). The SMILES string of the molecule is COCCN1[C@@H]2CCN(C(=O)CC3CC3)CC[C@H]2Oc2ccccc2S1(=O)=O. The molecule has 2 heterocycles. The molecule has 0 aromatic heterocycles. The maximum atomic E-state index is 13.4. The lowest BCUT2D eigenvalue weighted by atomic mass is 10.1. The quantitative estimate of drug-likeness (QED) is 0.744. The van der Waals surface area contributed by atoms with Crippen LogP contribution in [-0.4, -0.2) is 69.0 Å². The van der Waals surface area contributed by atoms with Crippen LogP contribution < -0.4 is 4.74 Å². The minimum Gasteiger partial charge on any atom is -0.487 e. The summed E-state index contributed by atoms with van der Waals surface area (Å²) in [6, 6.07) is 6.50. The Morgan fingerprint density at radius 1 is 1.18 bits per heavy atom. The molecule has 1 aliphatic carbocycles. The molecular formula is C20H28N2O5S. The van der Waals surface area contributed by atoms with Gasteiger partial charge in [-0.25, -0.2) is 8.42 Å². The lowest BCUT2D eigenvalue weighted by Crippen LogP contribution is -2.48. The van der Waals surface area contributed by atoms with E-state index in [-0.39, 0.29) is 29.5 Å². The lowest BCUT2D eigenvalue weighted by molar-refractivity contribution is -0.131. The van der Waals surface area contributed by atoms with Crippen LogP contribution in [0.25, 0.3) is 0 Å². The van der Waals surface area contributed by atoms with Gasteiger partial charge in [0.25, 0.3) is 0 Å². The van der Waals surface area contributed by atoms with Crippen molar-refractivity contribution in [3.63, 3.8) is 0 Å². The molecule has 1 aromatic rings. The fraction of sp³-hybridized carbons (Fsp3) is 0.650. The monoisotopic (exact) mass is 408 g/mol. The minimum absolute atomic E-state index is 0.186. The summed E-state index contributed by atoms with van der Waals surface area (Å²) >= 11 is 0. The number of rotatable bonds is 5. The van der Waals surface area contributed by atoms with Crippen molar-refractivity contribution in [3.05, 3.63) is 24.3 Å². The van der Waals surface area contributed by atoms with Gasteiger partial charge in [-0.3, -0.25) is 4.79 Å². The van der Waals surface area contributed by atoms with E-state index in [0.29, 0.717) is 50.6 Å². The van der Waals surface area contributed by atoms with E-state index >= 15 is 0 Å². The average molecular weight is 409 g/mol. The summed E-state index contributed by atoms with van der Waals surface area (Å²) in [4.78, 5) is 14.7. The van der Waals surface area contributed by atoms with E-state index in [0.717, 1.165) is 12.8 Å². The van der Waals surface area contributed by atoms with Crippen LogP contribution in [0.5, 0.6) is 5.75 Å². The van der Waals surface area contributed by atoms with Gasteiger partial charge < -0.3 is 14.4 Å². The third kappa shape index (κ3) is 3.90. The molecule has 0 radical (unpaired) electrons. The Morgan fingerprint density at radius 3 is 2.68 bits per heavy atom. The molecule has 28 heavy (non-hydrogen) atoms. The van der Waals surface area contributed by atoms with Crippen LogP contribution in [0.2, 0.25) is 0 Å². The van der Waals surface area contributed by atoms with Gasteiger partial charge in [-0.15, -0.1) is 0 Å². The van der Waals surface area contributed by atoms with Gasteiger partial charge in [-0.05, 0) is 37.3 Å². The Kier molecular flexibility index (Phi) is 5.62. The number of hydrogen-bond donors (Lipinski definition) is 0. The highest BCUT2D eigenvalue weighted by Gasteiger charge is 2.43. The van der Waals surface area contributed by atoms with Crippen molar-refractivity contribution in [1.29, 1.82) is 0 Å². The van der Waals surface area contributed by atoms with Gasteiger partial charge in [0.15, 0.2) is 0 Å². The number of nitrogens with zero attached hydrogens (tertiary/aromatic N) is 2. The van der Waals surface area contributed by atoms with Crippen LogP contribution in [0.15, 0.2) is 29.2 Å².